The lowest BCUT2D eigenvalue weighted by Gasteiger charge is -2.38. The first-order valence-corrected chi connectivity index (χ1v) is 10.4. The van der Waals surface area contributed by atoms with Crippen molar-refractivity contribution in [2.75, 3.05) is 71.2 Å². The van der Waals surface area contributed by atoms with Crippen LogP contribution in [0, 0.1) is 0 Å². The second-order valence-corrected chi connectivity index (χ2v) is 7.88. The van der Waals surface area contributed by atoms with Gasteiger partial charge in [-0.25, -0.2) is 4.79 Å². The van der Waals surface area contributed by atoms with Gasteiger partial charge in [-0.1, -0.05) is 24.3 Å². The van der Waals surface area contributed by atoms with Gasteiger partial charge in [-0.2, -0.15) is 0 Å². The van der Waals surface area contributed by atoms with E-state index < -0.39 is 0 Å². The molecule has 1 atom stereocenters. The van der Waals surface area contributed by atoms with E-state index in [-0.39, 0.29) is 12.1 Å². The van der Waals surface area contributed by atoms with Gasteiger partial charge in [0, 0.05) is 52.5 Å². The van der Waals surface area contributed by atoms with Gasteiger partial charge in [0.15, 0.2) is 0 Å². The Morgan fingerprint density at radius 2 is 1.73 bits per heavy atom. The first kappa shape index (κ1) is 21.9. The number of rotatable bonds is 7. The molecule has 2 aromatic carbocycles. The molecule has 7 nitrogen and oxygen atoms in total. The van der Waals surface area contributed by atoms with Crippen LogP contribution in [0.5, 0.6) is 5.75 Å². The van der Waals surface area contributed by atoms with E-state index in [0.717, 1.165) is 31.9 Å². The smallest absolute Gasteiger partial charge is 0.319 e. The predicted molar refractivity (Wildman–Crippen MR) is 123 cm³/mol. The molecule has 2 N–H and O–H groups in total. The molecule has 0 spiro atoms. The molecule has 30 heavy (non-hydrogen) atoms. The van der Waals surface area contributed by atoms with Crippen molar-refractivity contribution in [3.63, 3.8) is 0 Å². The number of para-hydroxylation sites is 2. The van der Waals surface area contributed by atoms with Gasteiger partial charge in [-0.3, -0.25) is 4.90 Å². The molecule has 3 rings (SSSR count). The molecule has 1 saturated heterocycles. The fourth-order valence-corrected chi connectivity index (χ4v) is 3.69. The summed E-state index contributed by atoms with van der Waals surface area (Å²) in [6.07, 6.45) is 0. The maximum Gasteiger partial charge on any atom is 0.319 e. The fourth-order valence-electron chi connectivity index (χ4n) is 3.69. The SMILES string of the molecule is COc1ccccc1NC(=O)NC[C@H](c1ccc(N(C)C)cc1)N1CCN(C)CC1. The normalized spacial score (nSPS) is 16.0. The molecule has 1 aliphatic heterocycles. The Morgan fingerprint density at radius 3 is 2.37 bits per heavy atom. The number of methoxy groups -OCH3 is 1. The van der Waals surface area contributed by atoms with E-state index in [9.17, 15) is 4.79 Å². The summed E-state index contributed by atoms with van der Waals surface area (Å²) in [6.45, 7) is 4.55. The molecular weight excluding hydrogens is 378 g/mol. The highest BCUT2D eigenvalue weighted by molar-refractivity contribution is 5.90. The first-order chi connectivity index (χ1) is 14.5. The molecule has 0 saturated carbocycles. The lowest BCUT2D eigenvalue weighted by molar-refractivity contribution is 0.111. The topological polar surface area (TPSA) is 60.1 Å². The number of ether oxygens (including phenoxy) is 1. The third-order valence-corrected chi connectivity index (χ3v) is 5.58. The third kappa shape index (κ3) is 5.64. The van der Waals surface area contributed by atoms with Crippen molar-refractivity contribution in [3.8, 4) is 5.75 Å². The summed E-state index contributed by atoms with van der Waals surface area (Å²) in [5.41, 5.74) is 3.03. The van der Waals surface area contributed by atoms with Crippen LogP contribution in [-0.4, -0.2) is 76.8 Å². The van der Waals surface area contributed by atoms with Crippen molar-refractivity contribution in [1.29, 1.82) is 0 Å². The van der Waals surface area contributed by atoms with Crippen molar-refractivity contribution < 1.29 is 9.53 Å². The van der Waals surface area contributed by atoms with Crippen molar-refractivity contribution in [3.05, 3.63) is 54.1 Å². The number of carbonyl (C=O) groups excluding carboxylic acids is 1. The number of nitrogens with one attached hydrogen (secondary N) is 2. The van der Waals surface area contributed by atoms with Crippen LogP contribution in [0.2, 0.25) is 0 Å². The van der Waals surface area contributed by atoms with Gasteiger partial charge >= 0.3 is 6.03 Å². The summed E-state index contributed by atoms with van der Waals surface area (Å²) >= 11 is 0. The maximum atomic E-state index is 12.6. The van der Waals surface area contributed by atoms with E-state index in [1.54, 1.807) is 7.11 Å². The van der Waals surface area contributed by atoms with Gasteiger partial charge in [0.1, 0.15) is 5.75 Å². The minimum absolute atomic E-state index is 0.123. The average molecular weight is 412 g/mol. The highest BCUT2D eigenvalue weighted by atomic mass is 16.5. The van der Waals surface area contributed by atoms with E-state index in [2.05, 4.69) is 56.6 Å². The standard InChI is InChI=1S/C23H33N5O2/c1-26(2)19-11-9-18(10-12-19)21(28-15-13-27(3)14-16-28)17-24-23(29)25-20-7-5-6-8-22(20)30-4/h5-12,21H,13-17H2,1-4H3,(H2,24,25,29)/t21-/m1/s1. The van der Waals surface area contributed by atoms with Crippen LogP contribution in [0.3, 0.4) is 0 Å². The Hall–Kier alpha value is -2.77. The monoisotopic (exact) mass is 411 g/mol. The molecule has 0 unspecified atom stereocenters. The summed E-state index contributed by atoms with van der Waals surface area (Å²) in [6, 6.07) is 15.9. The number of benzene rings is 2. The molecule has 2 amide bonds. The second kappa shape index (κ2) is 10.3. The molecule has 162 valence electrons. The molecule has 2 aromatic rings. The minimum atomic E-state index is -0.233. The van der Waals surface area contributed by atoms with Crippen molar-refractivity contribution >= 4 is 17.4 Å². The Kier molecular flexibility index (Phi) is 7.54. The second-order valence-electron chi connectivity index (χ2n) is 7.88. The molecule has 1 heterocycles. The molecule has 0 radical (unpaired) electrons. The fraction of sp³-hybridized carbons (Fsp3) is 0.435. The lowest BCUT2D eigenvalue weighted by atomic mass is 10.0. The van der Waals surface area contributed by atoms with E-state index in [0.29, 0.717) is 18.0 Å². The number of likely N-dealkylation sites (N-methyl/N-ethyl adjacent to an activating group) is 1. The number of anilines is 2. The summed E-state index contributed by atoms with van der Waals surface area (Å²) in [4.78, 5) is 19.5. The van der Waals surface area contributed by atoms with E-state index in [1.165, 1.54) is 5.56 Å². The van der Waals surface area contributed by atoms with Crippen LogP contribution in [0.4, 0.5) is 16.2 Å². The number of hydrogen-bond donors (Lipinski definition) is 2. The van der Waals surface area contributed by atoms with Crippen LogP contribution in [0.15, 0.2) is 48.5 Å². The van der Waals surface area contributed by atoms with Gasteiger partial charge in [0.05, 0.1) is 18.8 Å². The molecule has 0 aliphatic carbocycles. The zero-order chi connectivity index (χ0) is 21.5. The quantitative estimate of drug-likeness (QED) is 0.734. The molecular formula is C23H33N5O2. The van der Waals surface area contributed by atoms with Gasteiger partial charge in [0.25, 0.3) is 0 Å². The van der Waals surface area contributed by atoms with Crippen molar-refractivity contribution in [1.82, 2.24) is 15.1 Å². The van der Waals surface area contributed by atoms with E-state index in [1.807, 2.05) is 38.4 Å². The summed E-state index contributed by atoms with van der Waals surface area (Å²) in [7, 11) is 7.82. The average Bonchev–Trinajstić information content (AvgIpc) is 2.76. The van der Waals surface area contributed by atoms with E-state index in [4.69, 9.17) is 4.74 Å². The zero-order valence-corrected chi connectivity index (χ0v) is 18.4. The van der Waals surface area contributed by atoms with Gasteiger partial charge in [-0.15, -0.1) is 0 Å². The summed E-state index contributed by atoms with van der Waals surface area (Å²) in [5, 5.41) is 5.95. The summed E-state index contributed by atoms with van der Waals surface area (Å²) < 4.78 is 5.32. The molecule has 1 aliphatic rings. The molecule has 1 fully saturated rings. The number of carbonyl (C=O) groups is 1. The highest BCUT2D eigenvalue weighted by Gasteiger charge is 2.24. The number of nitrogens with zero attached hydrogens (tertiary/aromatic N) is 3. The minimum Gasteiger partial charge on any atom is -0.495 e. The lowest BCUT2D eigenvalue weighted by Crippen LogP contribution is -2.48. The molecule has 0 bridgehead atoms. The third-order valence-electron chi connectivity index (χ3n) is 5.58. The Balaban J connectivity index is 1.69. The van der Waals surface area contributed by atoms with Crippen molar-refractivity contribution in [2.45, 2.75) is 6.04 Å². The van der Waals surface area contributed by atoms with Crippen LogP contribution in [-0.2, 0) is 0 Å². The van der Waals surface area contributed by atoms with Crippen LogP contribution in [0.1, 0.15) is 11.6 Å². The van der Waals surface area contributed by atoms with Crippen molar-refractivity contribution in [2.24, 2.45) is 0 Å². The largest absolute Gasteiger partial charge is 0.495 e. The number of urea groups is 1. The van der Waals surface area contributed by atoms with Gasteiger partial charge in [0.2, 0.25) is 0 Å². The number of amides is 2. The highest BCUT2D eigenvalue weighted by Crippen LogP contribution is 2.25. The number of hydrogen-bond acceptors (Lipinski definition) is 5. The van der Waals surface area contributed by atoms with Gasteiger partial charge in [-0.05, 0) is 36.9 Å². The zero-order valence-electron chi connectivity index (χ0n) is 18.4. The molecule has 7 heteroatoms. The van der Waals surface area contributed by atoms with E-state index >= 15 is 0 Å². The van der Waals surface area contributed by atoms with Crippen LogP contribution < -0.4 is 20.3 Å². The molecule has 0 aromatic heterocycles. The Morgan fingerprint density at radius 1 is 1.07 bits per heavy atom. The predicted octanol–water partition coefficient (Wildman–Crippen LogP) is 2.87. The van der Waals surface area contributed by atoms with Crippen LogP contribution >= 0.6 is 0 Å². The number of piperazine rings is 1. The van der Waals surface area contributed by atoms with Gasteiger partial charge < -0.3 is 25.2 Å². The first-order valence-electron chi connectivity index (χ1n) is 10.4. The Labute approximate surface area is 179 Å². The van der Waals surface area contributed by atoms with Crippen LogP contribution in [0.25, 0.3) is 0 Å². The Bertz CT molecular complexity index is 817. The summed E-state index contributed by atoms with van der Waals surface area (Å²) in [5.74, 6) is 0.641. The maximum absolute atomic E-state index is 12.6.